The van der Waals surface area contributed by atoms with E-state index in [1.807, 2.05) is 0 Å². The van der Waals surface area contributed by atoms with Crippen LogP contribution < -0.4 is 5.73 Å². The van der Waals surface area contributed by atoms with Crippen LogP contribution in [0.1, 0.15) is 51.4 Å². The third-order valence-corrected chi connectivity index (χ3v) is 2.78. The maximum atomic E-state index is 11.2. The highest BCUT2D eigenvalue weighted by molar-refractivity contribution is 6.01. The summed E-state index contributed by atoms with van der Waals surface area (Å²) in [6, 6.07) is 0. The number of carbonyl (C=O) groups is 3. The minimum atomic E-state index is -0.392. The van der Waals surface area contributed by atoms with Crippen molar-refractivity contribution >= 4 is 23.6 Å². The summed E-state index contributed by atoms with van der Waals surface area (Å²) in [4.78, 5) is 37.9. The molecule has 0 radical (unpaired) electrons. The number of nitrogens with one attached hydrogen (secondary N) is 1. The van der Waals surface area contributed by atoms with Crippen molar-refractivity contribution in [2.24, 2.45) is 5.73 Å². The Hall–Kier alpha value is -1.92. The Bertz CT molecular complexity index is 365. The van der Waals surface area contributed by atoms with Gasteiger partial charge in [0.25, 0.3) is 11.8 Å². The summed E-state index contributed by atoms with van der Waals surface area (Å²) >= 11 is 0. The quantitative estimate of drug-likeness (QED) is 0.294. The first-order valence-corrected chi connectivity index (χ1v) is 6.40. The highest BCUT2D eigenvalue weighted by Gasteiger charge is 2.31. The first kappa shape index (κ1) is 15.1. The molecule has 19 heavy (non-hydrogen) atoms. The lowest BCUT2D eigenvalue weighted by molar-refractivity contribution is -0.167. The predicted octanol–water partition coefficient (Wildman–Crippen LogP) is 0.870. The fraction of sp³-hybridized carbons (Fsp3) is 0.667. The van der Waals surface area contributed by atoms with E-state index in [0.717, 1.165) is 19.3 Å². The molecule has 0 unspecified atom stereocenters. The smallest absolute Gasteiger partial charge is 0.263 e. The van der Waals surface area contributed by atoms with Crippen molar-refractivity contribution in [1.29, 1.82) is 5.41 Å². The Kier molecular flexibility index (Phi) is 5.98. The van der Waals surface area contributed by atoms with E-state index in [-0.39, 0.29) is 24.6 Å². The van der Waals surface area contributed by atoms with Crippen LogP contribution in [0.25, 0.3) is 0 Å². The Morgan fingerprint density at radius 1 is 1.11 bits per heavy atom. The number of nitrogens with two attached hydrogens (primary N) is 1. The molecule has 0 atom stereocenters. The van der Waals surface area contributed by atoms with E-state index in [4.69, 9.17) is 16.0 Å². The first-order chi connectivity index (χ1) is 9.00. The van der Waals surface area contributed by atoms with Gasteiger partial charge in [-0.3, -0.25) is 19.8 Å². The van der Waals surface area contributed by atoms with Gasteiger partial charge in [0.1, 0.15) is 0 Å². The van der Waals surface area contributed by atoms with Crippen LogP contribution in [0.3, 0.4) is 0 Å². The molecule has 7 heteroatoms. The molecular formula is C12H19N3O4. The van der Waals surface area contributed by atoms with E-state index in [9.17, 15) is 14.4 Å². The number of hydrogen-bond acceptors (Lipinski definition) is 5. The minimum Gasteiger partial charge on any atom is -0.370 e. The molecule has 1 aliphatic rings. The van der Waals surface area contributed by atoms with Gasteiger partial charge in [-0.2, -0.15) is 0 Å². The lowest BCUT2D eigenvalue weighted by Gasteiger charge is -2.14. The van der Waals surface area contributed by atoms with Gasteiger partial charge in [0.15, 0.2) is 0 Å². The third kappa shape index (κ3) is 5.50. The normalized spacial score (nSPS) is 14.8. The van der Waals surface area contributed by atoms with E-state index in [2.05, 4.69) is 0 Å². The molecule has 106 valence electrons. The van der Waals surface area contributed by atoms with E-state index >= 15 is 0 Å². The van der Waals surface area contributed by atoms with Crippen molar-refractivity contribution in [1.82, 2.24) is 5.06 Å². The summed E-state index contributed by atoms with van der Waals surface area (Å²) in [5.41, 5.74) is 5.01. The average Bonchev–Trinajstić information content (AvgIpc) is 2.65. The third-order valence-electron chi connectivity index (χ3n) is 2.78. The number of nitrogens with zero attached hydrogens (tertiary/aromatic N) is 1. The fourth-order valence-electron chi connectivity index (χ4n) is 1.75. The van der Waals surface area contributed by atoms with Crippen LogP contribution in [0, 0.1) is 5.41 Å². The van der Waals surface area contributed by atoms with E-state index in [1.165, 1.54) is 0 Å². The molecule has 1 aliphatic heterocycles. The second-order valence-corrected chi connectivity index (χ2v) is 4.48. The van der Waals surface area contributed by atoms with Gasteiger partial charge in [0.05, 0.1) is 0 Å². The molecule has 0 aliphatic carbocycles. The summed E-state index contributed by atoms with van der Waals surface area (Å²) in [6.45, 7) is 0. The maximum Gasteiger partial charge on any atom is 0.263 e. The molecule has 1 heterocycles. The van der Waals surface area contributed by atoms with Crippen LogP contribution in [0.15, 0.2) is 0 Å². The topological polar surface area (TPSA) is 114 Å². The van der Waals surface area contributed by atoms with Gasteiger partial charge in [0, 0.05) is 25.7 Å². The van der Waals surface area contributed by atoms with Crippen LogP contribution in [0.4, 0.5) is 0 Å². The van der Waals surface area contributed by atoms with E-state index in [0.29, 0.717) is 24.3 Å². The van der Waals surface area contributed by atoms with Crippen molar-refractivity contribution in [2.75, 3.05) is 0 Å². The SMILES string of the molecule is N=C(CCCCCCC(N)=O)ON1C(=O)CCC1=O. The highest BCUT2D eigenvalue weighted by atomic mass is 16.7. The molecule has 1 rings (SSSR count). The summed E-state index contributed by atoms with van der Waals surface area (Å²) in [7, 11) is 0. The molecule has 7 nitrogen and oxygen atoms in total. The number of primary amides is 1. The van der Waals surface area contributed by atoms with Crippen molar-refractivity contribution in [3.8, 4) is 0 Å². The van der Waals surface area contributed by atoms with Crippen LogP contribution in [-0.4, -0.2) is 28.7 Å². The number of imide groups is 1. The maximum absolute atomic E-state index is 11.2. The van der Waals surface area contributed by atoms with Gasteiger partial charge < -0.3 is 10.6 Å². The van der Waals surface area contributed by atoms with E-state index < -0.39 is 11.8 Å². The van der Waals surface area contributed by atoms with Gasteiger partial charge in [-0.15, -0.1) is 5.06 Å². The summed E-state index contributed by atoms with van der Waals surface area (Å²) in [6.07, 6.45) is 4.22. The van der Waals surface area contributed by atoms with Gasteiger partial charge in [-0.05, 0) is 12.8 Å². The van der Waals surface area contributed by atoms with Crippen LogP contribution >= 0.6 is 0 Å². The van der Waals surface area contributed by atoms with Crippen molar-refractivity contribution < 1.29 is 19.2 Å². The summed E-state index contributed by atoms with van der Waals surface area (Å²) in [5, 5.41) is 8.22. The Morgan fingerprint density at radius 3 is 2.16 bits per heavy atom. The number of rotatable bonds is 8. The molecular weight excluding hydrogens is 250 g/mol. The van der Waals surface area contributed by atoms with Crippen molar-refractivity contribution in [3.63, 3.8) is 0 Å². The number of amides is 3. The van der Waals surface area contributed by atoms with Crippen molar-refractivity contribution in [2.45, 2.75) is 51.4 Å². The molecule has 0 spiro atoms. The molecule has 1 saturated heterocycles. The van der Waals surface area contributed by atoms with Crippen molar-refractivity contribution in [3.05, 3.63) is 0 Å². The number of carbonyl (C=O) groups excluding carboxylic acids is 3. The predicted molar refractivity (Wildman–Crippen MR) is 66.8 cm³/mol. The molecule has 0 bridgehead atoms. The highest BCUT2D eigenvalue weighted by Crippen LogP contribution is 2.13. The monoisotopic (exact) mass is 269 g/mol. The molecule has 3 N–H and O–H groups in total. The zero-order valence-electron chi connectivity index (χ0n) is 10.8. The van der Waals surface area contributed by atoms with Gasteiger partial charge >= 0.3 is 0 Å². The number of hydrogen-bond donors (Lipinski definition) is 2. The average molecular weight is 269 g/mol. The number of hydroxylamine groups is 2. The van der Waals surface area contributed by atoms with Crippen LogP contribution in [-0.2, 0) is 19.2 Å². The van der Waals surface area contributed by atoms with Gasteiger partial charge in [0.2, 0.25) is 11.8 Å². The molecule has 1 fully saturated rings. The Morgan fingerprint density at radius 2 is 1.63 bits per heavy atom. The molecule has 0 saturated carbocycles. The second-order valence-electron chi connectivity index (χ2n) is 4.48. The largest absolute Gasteiger partial charge is 0.370 e. The van der Waals surface area contributed by atoms with Gasteiger partial charge in [-0.1, -0.05) is 12.8 Å². The zero-order chi connectivity index (χ0) is 14.3. The molecule has 0 aromatic carbocycles. The second kappa shape index (κ2) is 7.50. The summed E-state index contributed by atoms with van der Waals surface area (Å²) < 4.78 is 0. The standard InChI is InChI=1S/C12H19N3O4/c13-9(16)5-3-1-2-4-6-10(14)19-15-11(17)7-8-12(15)18/h14H,1-8H2,(H2,13,16). The van der Waals surface area contributed by atoms with Gasteiger partial charge in [-0.25, -0.2) is 0 Å². The fourth-order valence-corrected chi connectivity index (χ4v) is 1.75. The zero-order valence-corrected chi connectivity index (χ0v) is 10.8. The first-order valence-electron chi connectivity index (χ1n) is 6.40. The Balaban J connectivity index is 2.10. The number of unbranched alkanes of at least 4 members (excludes halogenated alkanes) is 3. The summed E-state index contributed by atoms with van der Waals surface area (Å²) in [5.74, 6) is -1.17. The van der Waals surface area contributed by atoms with Crippen LogP contribution in [0.5, 0.6) is 0 Å². The Labute approximate surface area is 111 Å². The molecule has 3 amide bonds. The van der Waals surface area contributed by atoms with Crippen LogP contribution in [0.2, 0.25) is 0 Å². The molecule has 0 aromatic heterocycles. The lowest BCUT2D eigenvalue weighted by Crippen LogP contribution is -2.31. The van der Waals surface area contributed by atoms with E-state index in [1.54, 1.807) is 0 Å². The molecule has 0 aromatic rings. The lowest BCUT2D eigenvalue weighted by atomic mass is 10.1. The minimum absolute atomic E-state index is 0.0847.